The number of carbonyl (C=O) groups excluding carboxylic acids is 1. The fourth-order valence-electron chi connectivity index (χ4n) is 1.55. The Morgan fingerprint density at radius 3 is 2.53 bits per heavy atom. The molecular formula is C13H18BrN3OS. The largest absolute Gasteiger partial charge is 0.389 e. The summed E-state index contributed by atoms with van der Waals surface area (Å²) in [5.41, 5.74) is 7.15. The van der Waals surface area contributed by atoms with Gasteiger partial charge in [-0.25, -0.2) is 0 Å². The zero-order valence-corrected chi connectivity index (χ0v) is 13.6. The molecule has 0 saturated carbocycles. The number of rotatable bonds is 5. The minimum atomic E-state index is -0.364. The topological polar surface area (TPSA) is 67.2 Å². The molecule has 0 bridgehead atoms. The summed E-state index contributed by atoms with van der Waals surface area (Å²) in [6, 6.07) is 5.29. The Hall–Kier alpha value is -1.14. The van der Waals surface area contributed by atoms with Gasteiger partial charge in [-0.2, -0.15) is 0 Å². The third-order valence-electron chi connectivity index (χ3n) is 2.44. The summed E-state index contributed by atoms with van der Waals surface area (Å²) >= 11 is 8.38. The number of amides is 1. The van der Waals surface area contributed by atoms with E-state index >= 15 is 0 Å². The number of nitrogens with one attached hydrogen (secondary N) is 2. The SMILES string of the molecule is CC(C)NC(=O)C(C)Nc1ccc(Br)cc1C(N)=S. The van der Waals surface area contributed by atoms with Crippen LogP contribution in [-0.4, -0.2) is 23.0 Å². The second-order valence-corrected chi connectivity index (χ2v) is 5.94. The van der Waals surface area contributed by atoms with Crippen molar-refractivity contribution < 1.29 is 4.79 Å². The van der Waals surface area contributed by atoms with Gasteiger partial charge in [0.25, 0.3) is 0 Å². The Labute approximate surface area is 127 Å². The van der Waals surface area contributed by atoms with Gasteiger partial charge < -0.3 is 16.4 Å². The fraction of sp³-hybridized carbons (Fsp3) is 0.385. The lowest BCUT2D eigenvalue weighted by atomic mass is 10.1. The van der Waals surface area contributed by atoms with Crippen molar-refractivity contribution in [2.24, 2.45) is 5.73 Å². The van der Waals surface area contributed by atoms with Gasteiger partial charge in [-0.1, -0.05) is 28.1 Å². The molecule has 4 nitrogen and oxygen atoms in total. The number of hydrogen-bond donors (Lipinski definition) is 3. The van der Waals surface area contributed by atoms with Crippen LogP contribution in [0.4, 0.5) is 5.69 Å². The molecule has 19 heavy (non-hydrogen) atoms. The molecule has 1 aromatic rings. The number of thiocarbonyl (C=S) groups is 1. The van der Waals surface area contributed by atoms with Crippen molar-refractivity contribution >= 4 is 44.7 Å². The summed E-state index contributed by atoms with van der Waals surface area (Å²) in [4.78, 5) is 12.2. The average Bonchev–Trinajstić information content (AvgIpc) is 2.30. The number of anilines is 1. The third-order valence-corrected chi connectivity index (χ3v) is 3.16. The van der Waals surface area contributed by atoms with Gasteiger partial charge in [0.15, 0.2) is 0 Å². The zero-order valence-electron chi connectivity index (χ0n) is 11.2. The number of benzene rings is 1. The van der Waals surface area contributed by atoms with Gasteiger partial charge in [0.1, 0.15) is 11.0 Å². The first-order valence-electron chi connectivity index (χ1n) is 5.97. The lowest BCUT2D eigenvalue weighted by molar-refractivity contribution is -0.122. The molecular weight excluding hydrogens is 326 g/mol. The molecule has 0 spiro atoms. The minimum Gasteiger partial charge on any atom is -0.389 e. The molecule has 1 unspecified atom stereocenters. The average molecular weight is 344 g/mol. The summed E-state index contributed by atoms with van der Waals surface area (Å²) in [5, 5.41) is 5.97. The van der Waals surface area contributed by atoms with E-state index in [0.29, 0.717) is 10.6 Å². The molecule has 0 fully saturated rings. The van der Waals surface area contributed by atoms with Crippen LogP contribution in [0.25, 0.3) is 0 Å². The molecule has 1 aromatic carbocycles. The van der Waals surface area contributed by atoms with Crippen LogP contribution >= 0.6 is 28.1 Å². The highest BCUT2D eigenvalue weighted by Gasteiger charge is 2.15. The lowest BCUT2D eigenvalue weighted by Crippen LogP contribution is -2.41. The van der Waals surface area contributed by atoms with Crippen LogP contribution < -0.4 is 16.4 Å². The van der Waals surface area contributed by atoms with Crippen LogP contribution in [0.5, 0.6) is 0 Å². The monoisotopic (exact) mass is 343 g/mol. The summed E-state index contributed by atoms with van der Waals surface area (Å²) in [6.07, 6.45) is 0. The smallest absolute Gasteiger partial charge is 0.242 e. The van der Waals surface area contributed by atoms with Gasteiger partial charge in [0.2, 0.25) is 5.91 Å². The van der Waals surface area contributed by atoms with Crippen LogP contribution in [0, 0.1) is 0 Å². The predicted octanol–water partition coefficient (Wildman–Crippen LogP) is 2.41. The standard InChI is InChI=1S/C13H18BrN3OS/c1-7(2)16-13(18)8(3)17-11-5-4-9(14)6-10(11)12(15)19/h4-8,17H,1-3H3,(H2,15,19)(H,16,18). The number of halogens is 1. The number of hydrogen-bond acceptors (Lipinski definition) is 3. The molecule has 1 atom stereocenters. The van der Waals surface area contributed by atoms with Crippen LogP contribution in [0.1, 0.15) is 26.3 Å². The van der Waals surface area contributed by atoms with Crippen LogP contribution in [0.15, 0.2) is 22.7 Å². The molecule has 6 heteroatoms. The molecule has 0 aliphatic carbocycles. The van der Waals surface area contributed by atoms with Crippen LogP contribution in [0.2, 0.25) is 0 Å². The molecule has 1 rings (SSSR count). The predicted molar refractivity (Wildman–Crippen MR) is 86.4 cm³/mol. The Kier molecular flexibility index (Phi) is 5.75. The quantitative estimate of drug-likeness (QED) is 0.718. The van der Waals surface area contributed by atoms with E-state index in [-0.39, 0.29) is 18.0 Å². The zero-order chi connectivity index (χ0) is 14.6. The molecule has 1 amide bonds. The summed E-state index contributed by atoms with van der Waals surface area (Å²) < 4.78 is 0.889. The van der Waals surface area contributed by atoms with Crippen LogP contribution in [-0.2, 0) is 4.79 Å². The molecule has 0 aromatic heterocycles. The molecule has 0 saturated heterocycles. The van der Waals surface area contributed by atoms with Crippen molar-refractivity contribution in [2.45, 2.75) is 32.9 Å². The molecule has 104 valence electrons. The normalized spacial score (nSPS) is 12.1. The molecule has 0 aliphatic rings. The maximum absolute atomic E-state index is 11.9. The number of nitrogens with two attached hydrogens (primary N) is 1. The van der Waals surface area contributed by atoms with E-state index in [1.54, 1.807) is 6.92 Å². The Balaban J connectivity index is 2.87. The van der Waals surface area contributed by atoms with Crippen LogP contribution in [0.3, 0.4) is 0 Å². The number of carbonyl (C=O) groups is 1. The highest BCUT2D eigenvalue weighted by molar-refractivity contribution is 9.10. The maximum atomic E-state index is 11.9. The van der Waals surface area contributed by atoms with Crippen molar-refractivity contribution in [1.29, 1.82) is 0 Å². The van der Waals surface area contributed by atoms with E-state index in [9.17, 15) is 4.79 Å². The third kappa shape index (κ3) is 4.80. The van der Waals surface area contributed by atoms with Gasteiger partial charge in [0.05, 0.1) is 0 Å². The Morgan fingerprint density at radius 1 is 1.37 bits per heavy atom. The molecule has 0 heterocycles. The van der Waals surface area contributed by atoms with Gasteiger partial charge in [0, 0.05) is 21.8 Å². The van der Waals surface area contributed by atoms with Crippen molar-refractivity contribution in [3.05, 3.63) is 28.2 Å². The van der Waals surface area contributed by atoms with E-state index in [1.165, 1.54) is 0 Å². The highest BCUT2D eigenvalue weighted by Crippen LogP contribution is 2.21. The first kappa shape index (κ1) is 15.9. The van der Waals surface area contributed by atoms with Gasteiger partial charge >= 0.3 is 0 Å². The molecule has 4 N–H and O–H groups in total. The minimum absolute atomic E-state index is 0.0631. The lowest BCUT2D eigenvalue weighted by Gasteiger charge is -2.19. The molecule has 0 aliphatic heterocycles. The van der Waals surface area contributed by atoms with E-state index in [1.807, 2.05) is 32.0 Å². The first-order chi connectivity index (χ1) is 8.81. The second-order valence-electron chi connectivity index (χ2n) is 4.58. The first-order valence-corrected chi connectivity index (χ1v) is 7.17. The van der Waals surface area contributed by atoms with E-state index in [4.69, 9.17) is 18.0 Å². The second kappa shape index (κ2) is 6.86. The highest BCUT2D eigenvalue weighted by atomic mass is 79.9. The van der Waals surface area contributed by atoms with E-state index in [0.717, 1.165) is 10.2 Å². The molecule has 0 radical (unpaired) electrons. The summed E-state index contributed by atoms with van der Waals surface area (Å²) in [7, 11) is 0. The maximum Gasteiger partial charge on any atom is 0.242 e. The summed E-state index contributed by atoms with van der Waals surface area (Å²) in [5.74, 6) is -0.0631. The van der Waals surface area contributed by atoms with Crippen molar-refractivity contribution in [2.75, 3.05) is 5.32 Å². The van der Waals surface area contributed by atoms with Gasteiger partial charge in [-0.15, -0.1) is 0 Å². The van der Waals surface area contributed by atoms with Crippen molar-refractivity contribution in [1.82, 2.24) is 5.32 Å². The Morgan fingerprint density at radius 2 is 2.00 bits per heavy atom. The fourth-order valence-corrected chi connectivity index (χ4v) is 2.08. The summed E-state index contributed by atoms with van der Waals surface area (Å²) in [6.45, 7) is 5.64. The van der Waals surface area contributed by atoms with Gasteiger partial charge in [-0.05, 0) is 39.0 Å². The van der Waals surface area contributed by atoms with Crippen molar-refractivity contribution in [3.63, 3.8) is 0 Å². The van der Waals surface area contributed by atoms with Gasteiger partial charge in [-0.3, -0.25) is 4.79 Å². The van der Waals surface area contributed by atoms with E-state index in [2.05, 4.69) is 26.6 Å². The Bertz CT molecular complexity index is 491. The van der Waals surface area contributed by atoms with Crippen molar-refractivity contribution in [3.8, 4) is 0 Å². The van der Waals surface area contributed by atoms with E-state index < -0.39 is 0 Å².